The first-order valence-electron chi connectivity index (χ1n) is 17.6. The van der Waals surface area contributed by atoms with Gasteiger partial charge >= 0.3 is 5.97 Å². The van der Waals surface area contributed by atoms with Crippen LogP contribution in [0.1, 0.15) is 115 Å². The fourth-order valence-electron chi connectivity index (χ4n) is 11.4. The molecule has 3 saturated carbocycles. The van der Waals surface area contributed by atoms with Crippen molar-refractivity contribution in [3.63, 3.8) is 0 Å². The van der Waals surface area contributed by atoms with Gasteiger partial charge < -0.3 is 25.1 Å². The minimum atomic E-state index is -0.608. The number of ether oxygens (including phenoxy) is 3. The van der Waals surface area contributed by atoms with Crippen molar-refractivity contribution < 1.29 is 24.1 Å². The SMILES string of the molecule is COCC1(C)[C@@H](OC[C@@](C)(N)C(C)C)[C@H](OC)C[C@]2(C)C3=CC[C@@]4(C)[C@H](C(=O)O)[C@@](C)([C@H](C)C(C)C)CC[C@]4(C)[C@H]3CC[C@@H]12. The maximum Gasteiger partial charge on any atom is 0.307 e. The second kappa shape index (κ2) is 11.9. The van der Waals surface area contributed by atoms with E-state index in [1.807, 2.05) is 7.11 Å². The molecule has 0 aromatic heterocycles. The van der Waals surface area contributed by atoms with Gasteiger partial charge in [-0.2, -0.15) is 0 Å². The van der Waals surface area contributed by atoms with Crippen LogP contribution in [0.5, 0.6) is 0 Å². The normalized spacial score (nSPS) is 46.0. The maximum absolute atomic E-state index is 13.3. The van der Waals surface area contributed by atoms with Gasteiger partial charge in [0.25, 0.3) is 0 Å². The molecule has 0 saturated heterocycles. The second-order valence-corrected chi connectivity index (χ2v) is 17.9. The summed E-state index contributed by atoms with van der Waals surface area (Å²) in [6, 6.07) is 0. The molecule has 4 rings (SSSR count). The molecule has 6 nitrogen and oxygen atoms in total. The summed E-state index contributed by atoms with van der Waals surface area (Å²) in [5.41, 5.74) is 6.83. The Balaban J connectivity index is 1.78. The standard InChI is InChI=1S/C38H67NO5/c1-23(2)25(5)33(6)18-19-36(9)27-14-15-29-34(7,26(27)16-17-37(36,10)30(33)32(40)41)20-28(43-13)31(35(29,8)21-42-12)44-22-38(11,39)24(3)4/h16,23-25,27-31H,14-15,17-22,39H2,1-13H3,(H,40,41)/t25-,27+,28-,29-,30-,31+,33-,34-,35?,36-,37+,38-/m1/s1. The van der Waals surface area contributed by atoms with E-state index in [-0.39, 0.29) is 45.2 Å². The molecule has 1 unspecified atom stereocenters. The number of hydrogen-bond donors (Lipinski definition) is 2. The number of carboxylic acid groups (broad SMARTS) is 1. The Morgan fingerprint density at radius 3 is 2.20 bits per heavy atom. The molecule has 0 aromatic carbocycles. The number of aliphatic carboxylic acids is 1. The molecular weight excluding hydrogens is 550 g/mol. The Morgan fingerprint density at radius 1 is 1.05 bits per heavy atom. The first-order chi connectivity index (χ1) is 20.2. The predicted molar refractivity (Wildman–Crippen MR) is 178 cm³/mol. The van der Waals surface area contributed by atoms with Crippen LogP contribution in [-0.4, -0.2) is 56.3 Å². The summed E-state index contributed by atoms with van der Waals surface area (Å²) in [6.07, 6.45) is 8.18. The lowest BCUT2D eigenvalue weighted by Gasteiger charge is -2.70. The monoisotopic (exact) mass is 618 g/mol. The minimum absolute atomic E-state index is 0.0868. The van der Waals surface area contributed by atoms with Gasteiger partial charge in [0.1, 0.15) is 0 Å². The van der Waals surface area contributed by atoms with Crippen LogP contribution in [0.2, 0.25) is 0 Å². The van der Waals surface area contributed by atoms with Gasteiger partial charge in [0, 0.05) is 25.2 Å². The van der Waals surface area contributed by atoms with Gasteiger partial charge in [-0.15, -0.1) is 0 Å². The smallest absolute Gasteiger partial charge is 0.307 e. The van der Waals surface area contributed by atoms with Crippen molar-refractivity contribution in [1.29, 1.82) is 0 Å². The lowest BCUT2D eigenvalue weighted by atomic mass is 9.34. The molecule has 44 heavy (non-hydrogen) atoms. The van der Waals surface area contributed by atoms with Gasteiger partial charge in [0.2, 0.25) is 0 Å². The molecule has 0 bridgehead atoms. The Labute approximate surface area is 269 Å². The highest BCUT2D eigenvalue weighted by Gasteiger charge is 2.70. The van der Waals surface area contributed by atoms with Gasteiger partial charge in [0.05, 0.1) is 31.3 Å². The number of nitrogens with two attached hydrogens (primary N) is 1. The second-order valence-electron chi connectivity index (χ2n) is 17.9. The summed E-state index contributed by atoms with van der Waals surface area (Å²) in [5.74, 6) is 0.798. The third kappa shape index (κ3) is 5.15. The zero-order valence-electron chi connectivity index (χ0n) is 30.5. The molecule has 0 aromatic rings. The molecule has 4 aliphatic carbocycles. The molecule has 0 amide bonds. The highest BCUT2D eigenvalue weighted by Crippen LogP contribution is 2.74. The van der Waals surface area contributed by atoms with Crippen molar-refractivity contribution in [3.8, 4) is 0 Å². The van der Waals surface area contributed by atoms with Crippen LogP contribution in [0.4, 0.5) is 0 Å². The van der Waals surface area contributed by atoms with Crippen LogP contribution in [0, 0.1) is 62.6 Å². The summed E-state index contributed by atoms with van der Waals surface area (Å²) >= 11 is 0. The van der Waals surface area contributed by atoms with Crippen LogP contribution in [0.25, 0.3) is 0 Å². The molecule has 4 aliphatic rings. The molecule has 3 fully saturated rings. The minimum Gasteiger partial charge on any atom is -0.481 e. The van der Waals surface area contributed by atoms with E-state index in [0.717, 1.165) is 38.5 Å². The van der Waals surface area contributed by atoms with Gasteiger partial charge in [-0.05, 0) is 96.7 Å². The van der Waals surface area contributed by atoms with Crippen molar-refractivity contribution >= 4 is 5.97 Å². The molecule has 0 heterocycles. The summed E-state index contributed by atoms with van der Waals surface area (Å²) < 4.78 is 19.1. The lowest BCUT2D eigenvalue weighted by molar-refractivity contribution is -0.228. The van der Waals surface area contributed by atoms with Crippen LogP contribution >= 0.6 is 0 Å². The van der Waals surface area contributed by atoms with Gasteiger partial charge in [-0.3, -0.25) is 4.79 Å². The van der Waals surface area contributed by atoms with Crippen molar-refractivity contribution in [2.24, 2.45) is 68.3 Å². The number of methoxy groups -OCH3 is 2. The van der Waals surface area contributed by atoms with E-state index in [9.17, 15) is 9.90 Å². The third-order valence-corrected chi connectivity index (χ3v) is 15.2. The van der Waals surface area contributed by atoms with Crippen LogP contribution in [-0.2, 0) is 19.0 Å². The zero-order valence-corrected chi connectivity index (χ0v) is 30.5. The predicted octanol–water partition coefficient (Wildman–Crippen LogP) is 7.98. The van der Waals surface area contributed by atoms with E-state index in [4.69, 9.17) is 19.9 Å². The topological polar surface area (TPSA) is 91.0 Å². The Hall–Kier alpha value is -0.950. The van der Waals surface area contributed by atoms with Crippen LogP contribution < -0.4 is 5.73 Å². The van der Waals surface area contributed by atoms with E-state index in [1.54, 1.807) is 12.7 Å². The number of hydrogen-bond acceptors (Lipinski definition) is 5. The van der Waals surface area contributed by atoms with E-state index in [0.29, 0.717) is 42.8 Å². The summed E-state index contributed by atoms with van der Waals surface area (Å²) in [6.45, 7) is 26.2. The summed E-state index contributed by atoms with van der Waals surface area (Å²) in [7, 11) is 3.63. The highest BCUT2D eigenvalue weighted by atomic mass is 16.5. The van der Waals surface area contributed by atoms with Gasteiger partial charge in [-0.1, -0.05) is 80.9 Å². The molecule has 3 N–H and O–H groups in total. The van der Waals surface area contributed by atoms with Crippen molar-refractivity contribution in [2.75, 3.05) is 27.4 Å². The molecular formula is C38H67NO5. The van der Waals surface area contributed by atoms with Crippen LogP contribution in [0.15, 0.2) is 11.6 Å². The number of carboxylic acids is 1. The van der Waals surface area contributed by atoms with Gasteiger partial charge in [0.15, 0.2) is 0 Å². The quantitative estimate of drug-likeness (QED) is 0.242. The molecule has 0 aliphatic heterocycles. The summed E-state index contributed by atoms with van der Waals surface area (Å²) in [4.78, 5) is 13.3. The Morgan fingerprint density at radius 2 is 1.68 bits per heavy atom. The van der Waals surface area contributed by atoms with Crippen LogP contribution in [0.3, 0.4) is 0 Å². The molecule has 6 heteroatoms. The molecule has 12 atom stereocenters. The summed E-state index contributed by atoms with van der Waals surface area (Å²) in [5, 5.41) is 10.9. The number of rotatable bonds is 10. The Bertz CT molecular complexity index is 1100. The number of fused-ring (bicyclic) bond motifs is 5. The Kier molecular flexibility index (Phi) is 9.74. The zero-order chi connectivity index (χ0) is 33.3. The average molecular weight is 618 g/mol. The fourth-order valence-corrected chi connectivity index (χ4v) is 11.4. The molecule has 0 radical (unpaired) electrons. The van der Waals surface area contributed by atoms with Crippen molar-refractivity contribution in [1.82, 2.24) is 0 Å². The van der Waals surface area contributed by atoms with E-state index >= 15 is 0 Å². The van der Waals surface area contributed by atoms with Crippen molar-refractivity contribution in [3.05, 3.63) is 11.6 Å². The largest absolute Gasteiger partial charge is 0.481 e. The number of allylic oxidation sites excluding steroid dienone is 2. The molecule has 254 valence electrons. The number of carbonyl (C=O) groups is 1. The van der Waals surface area contributed by atoms with E-state index in [2.05, 4.69) is 82.2 Å². The third-order valence-electron chi connectivity index (χ3n) is 15.2. The lowest BCUT2D eigenvalue weighted by Crippen LogP contribution is -2.67. The molecule has 0 spiro atoms. The van der Waals surface area contributed by atoms with Gasteiger partial charge in [-0.25, -0.2) is 0 Å². The van der Waals surface area contributed by atoms with E-state index < -0.39 is 11.5 Å². The highest BCUT2D eigenvalue weighted by molar-refractivity contribution is 5.73. The maximum atomic E-state index is 13.3. The van der Waals surface area contributed by atoms with E-state index in [1.165, 1.54) is 0 Å². The first-order valence-corrected chi connectivity index (χ1v) is 17.6. The fraction of sp³-hybridized carbons (Fsp3) is 0.921. The van der Waals surface area contributed by atoms with Crippen molar-refractivity contribution in [2.45, 2.75) is 132 Å². The first kappa shape index (κ1) is 35.9. The average Bonchev–Trinajstić information content (AvgIpc) is 2.92.